The minimum Gasteiger partial charge on any atom is -0.349 e. The van der Waals surface area contributed by atoms with E-state index < -0.39 is 23.7 Å². The molecule has 0 saturated carbocycles. The zero-order valence-corrected chi connectivity index (χ0v) is 21.3. The van der Waals surface area contributed by atoms with Crippen LogP contribution in [0.5, 0.6) is 0 Å². The largest absolute Gasteiger partial charge is 0.349 e. The van der Waals surface area contributed by atoms with E-state index in [-0.39, 0.29) is 29.6 Å². The van der Waals surface area contributed by atoms with Crippen molar-refractivity contribution in [1.82, 2.24) is 20.5 Å². The Morgan fingerprint density at radius 3 is 2.38 bits per heavy atom. The number of nitrogens with one attached hydrogen (secondary N) is 2. The first-order valence-electron chi connectivity index (χ1n) is 12.0. The minimum atomic E-state index is -0.951. The summed E-state index contributed by atoms with van der Waals surface area (Å²) in [6, 6.07) is 5.82. The van der Waals surface area contributed by atoms with Crippen molar-refractivity contribution in [3.8, 4) is 0 Å². The Hall–Kier alpha value is -2.74. The molecule has 1 aliphatic heterocycles. The molecule has 2 unspecified atom stereocenters. The summed E-state index contributed by atoms with van der Waals surface area (Å²) >= 11 is 1.33. The summed E-state index contributed by atoms with van der Waals surface area (Å²) < 4.78 is 0. The van der Waals surface area contributed by atoms with Gasteiger partial charge in [-0.2, -0.15) is 0 Å². The molecule has 0 radical (unpaired) electrons. The highest BCUT2D eigenvalue weighted by atomic mass is 32.1. The fraction of sp³-hybridized carbons (Fsp3) is 0.538. The van der Waals surface area contributed by atoms with Crippen LogP contribution in [0.2, 0.25) is 0 Å². The number of carbonyl (C=O) groups is 3. The van der Waals surface area contributed by atoms with Crippen LogP contribution in [0, 0.1) is 11.8 Å². The molecule has 2 heterocycles. The first kappa shape index (κ1) is 24.4. The summed E-state index contributed by atoms with van der Waals surface area (Å²) in [6.45, 7) is 9.74. The molecule has 2 aromatic rings. The normalized spacial score (nSPS) is 22.0. The average Bonchev–Trinajstić information content (AvgIpc) is 3.41. The van der Waals surface area contributed by atoms with Crippen molar-refractivity contribution < 1.29 is 14.4 Å². The van der Waals surface area contributed by atoms with E-state index in [2.05, 4.69) is 27.8 Å². The van der Waals surface area contributed by atoms with Crippen LogP contribution in [0.3, 0.4) is 0 Å². The average molecular weight is 483 g/mol. The third-order valence-electron chi connectivity index (χ3n) is 6.42. The number of rotatable bonds is 6. The van der Waals surface area contributed by atoms with E-state index in [4.69, 9.17) is 0 Å². The van der Waals surface area contributed by atoms with Crippen molar-refractivity contribution in [2.45, 2.75) is 77.5 Å². The molecule has 1 aromatic carbocycles. The van der Waals surface area contributed by atoms with E-state index >= 15 is 0 Å². The van der Waals surface area contributed by atoms with Crippen molar-refractivity contribution >= 4 is 29.1 Å². The van der Waals surface area contributed by atoms with Crippen LogP contribution >= 0.6 is 11.3 Å². The van der Waals surface area contributed by atoms with Crippen molar-refractivity contribution in [3.05, 3.63) is 52.0 Å². The van der Waals surface area contributed by atoms with Crippen LogP contribution < -0.4 is 10.6 Å². The van der Waals surface area contributed by atoms with Gasteiger partial charge in [-0.1, -0.05) is 38.1 Å². The van der Waals surface area contributed by atoms with Crippen molar-refractivity contribution in [2.24, 2.45) is 11.8 Å². The highest BCUT2D eigenvalue weighted by Crippen LogP contribution is 2.35. The molecule has 3 atom stereocenters. The molecule has 2 aliphatic rings. The summed E-state index contributed by atoms with van der Waals surface area (Å²) in [5, 5.41) is 8.37. The summed E-state index contributed by atoms with van der Waals surface area (Å²) in [5.74, 6) is -0.584. The van der Waals surface area contributed by atoms with Gasteiger partial charge in [-0.25, -0.2) is 4.98 Å². The first-order chi connectivity index (χ1) is 16.0. The smallest absolute Gasteiger partial charge is 0.250 e. The molecule has 3 amide bonds. The molecule has 34 heavy (non-hydrogen) atoms. The predicted octanol–water partition coefficient (Wildman–Crippen LogP) is 3.26. The Morgan fingerprint density at radius 2 is 1.85 bits per heavy atom. The Kier molecular flexibility index (Phi) is 6.80. The van der Waals surface area contributed by atoms with Gasteiger partial charge < -0.3 is 15.5 Å². The number of benzene rings is 1. The van der Waals surface area contributed by atoms with E-state index in [1.165, 1.54) is 27.4 Å². The highest BCUT2D eigenvalue weighted by Gasteiger charge is 2.50. The van der Waals surface area contributed by atoms with E-state index in [1.54, 1.807) is 11.6 Å². The van der Waals surface area contributed by atoms with Gasteiger partial charge in [-0.3, -0.25) is 14.4 Å². The fourth-order valence-electron chi connectivity index (χ4n) is 5.04. The second kappa shape index (κ2) is 9.49. The number of aromatic nitrogens is 1. The van der Waals surface area contributed by atoms with Gasteiger partial charge in [0.2, 0.25) is 17.7 Å². The molecule has 0 bridgehead atoms. The lowest BCUT2D eigenvalue weighted by molar-refractivity contribution is -0.158. The van der Waals surface area contributed by atoms with Crippen LogP contribution in [0.15, 0.2) is 35.8 Å². The van der Waals surface area contributed by atoms with E-state index in [9.17, 15) is 14.4 Å². The number of amides is 3. The molecule has 4 rings (SSSR count). The topological polar surface area (TPSA) is 91.4 Å². The number of nitrogens with zero attached hydrogens (tertiary/aromatic N) is 2. The lowest BCUT2D eigenvalue weighted by Crippen LogP contribution is -2.67. The van der Waals surface area contributed by atoms with Gasteiger partial charge in [0.25, 0.3) is 0 Å². The zero-order valence-electron chi connectivity index (χ0n) is 20.5. The second-order valence-electron chi connectivity index (χ2n) is 10.8. The van der Waals surface area contributed by atoms with Crippen LogP contribution in [0.25, 0.3) is 0 Å². The highest BCUT2D eigenvalue weighted by molar-refractivity contribution is 7.09. The Labute approximate surface area is 205 Å². The number of fused-ring (bicyclic) bond motifs is 1. The van der Waals surface area contributed by atoms with E-state index in [0.717, 1.165) is 12.8 Å². The molecule has 1 fully saturated rings. The lowest BCUT2D eigenvalue weighted by Gasteiger charge is -2.44. The third-order valence-corrected chi connectivity index (χ3v) is 7.24. The predicted molar refractivity (Wildman–Crippen MR) is 132 cm³/mol. The molecule has 1 aliphatic carbocycles. The molecule has 7 nitrogen and oxygen atoms in total. The number of carbonyl (C=O) groups excluding carboxylic acids is 3. The number of hydrogen-bond donors (Lipinski definition) is 2. The molecular formula is C26H34N4O3S. The van der Waals surface area contributed by atoms with E-state index in [0.29, 0.717) is 11.4 Å². The number of thiazole rings is 1. The quantitative estimate of drug-likeness (QED) is 0.661. The van der Waals surface area contributed by atoms with Gasteiger partial charge in [0.05, 0.1) is 0 Å². The standard InChI is InChI=1S/C26H34N4O3S/c1-15(2)12-19-22(31)28-20(18-13-16-8-6-7-9-17(16)14-18)25(33)30(19)21(24-27-10-11-34-24)23(32)29-26(3,4)5/h6-11,15,18-21H,12-14H2,1-5H3,(H,28,31)(H,29,32)/t19-,20?,21?/m1/s1. The molecular weight excluding hydrogens is 448 g/mol. The summed E-state index contributed by atoms with van der Waals surface area (Å²) in [4.78, 5) is 47.1. The third kappa shape index (κ3) is 5.02. The number of piperazine rings is 1. The summed E-state index contributed by atoms with van der Waals surface area (Å²) in [5.41, 5.74) is 1.94. The monoisotopic (exact) mass is 482 g/mol. The maximum atomic E-state index is 14.1. The van der Waals surface area contributed by atoms with Crippen LogP contribution in [-0.2, 0) is 27.2 Å². The van der Waals surface area contributed by atoms with Crippen molar-refractivity contribution in [1.29, 1.82) is 0 Å². The van der Waals surface area contributed by atoms with E-state index in [1.807, 2.05) is 46.8 Å². The van der Waals surface area contributed by atoms with Crippen LogP contribution in [-0.4, -0.2) is 45.2 Å². The molecule has 182 valence electrons. The van der Waals surface area contributed by atoms with Gasteiger partial charge in [0.15, 0.2) is 6.04 Å². The second-order valence-corrected chi connectivity index (χ2v) is 11.8. The first-order valence-corrected chi connectivity index (χ1v) is 12.8. The Bertz CT molecular complexity index is 1040. The van der Waals surface area contributed by atoms with Gasteiger partial charge in [0.1, 0.15) is 17.1 Å². The van der Waals surface area contributed by atoms with Gasteiger partial charge in [-0.05, 0) is 63.0 Å². The maximum absolute atomic E-state index is 14.1. The molecule has 8 heteroatoms. The molecule has 2 N–H and O–H groups in total. The Morgan fingerprint density at radius 1 is 1.21 bits per heavy atom. The van der Waals surface area contributed by atoms with Gasteiger partial charge in [-0.15, -0.1) is 11.3 Å². The van der Waals surface area contributed by atoms with Gasteiger partial charge in [0, 0.05) is 17.1 Å². The van der Waals surface area contributed by atoms with Crippen molar-refractivity contribution in [3.63, 3.8) is 0 Å². The van der Waals surface area contributed by atoms with Crippen LogP contribution in [0.4, 0.5) is 0 Å². The maximum Gasteiger partial charge on any atom is 0.250 e. The summed E-state index contributed by atoms with van der Waals surface area (Å²) in [7, 11) is 0. The minimum absolute atomic E-state index is 0.0426. The van der Waals surface area contributed by atoms with Crippen LogP contribution in [0.1, 0.15) is 63.2 Å². The fourth-order valence-corrected chi connectivity index (χ4v) is 5.77. The summed E-state index contributed by atoms with van der Waals surface area (Å²) in [6.07, 6.45) is 3.56. The Balaban J connectivity index is 1.72. The molecule has 1 saturated heterocycles. The van der Waals surface area contributed by atoms with Gasteiger partial charge >= 0.3 is 0 Å². The number of hydrogen-bond acceptors (Lipinski definition) is 5. The SMILES string of the molecule is CC(C)C[C@@H]1C(=O)NC(C2Cc3ccccc3C2)C(=O)N1C(C(=O)NC(C)(C)C)c1nccs1. The molecule has 1 aromatic heterocycles. The molecule has 0 spiro atoms. The lowest BCUT2D eigenvalue weighted by atomic mass is 9.89. The van der Waals surface area contributed by atoms with Crippen molar-refractivity contribution in [2.75, 3.05) is 0 Å². The zero-order chi connectivity index (χ0) is 24.6.